The fourth-order valence-electron chi connectivity index (χ4n) is 2.53. The summed E-state index contributed by atoms with van der Waals surface area (Å²) >= 11 is 0. The van der Waals surface area contributed by atoms with E-state index in [1.165, 1.54) is 7.11 Å². The van der Waals surface area contributed by atoms with Crippen molar-refractivity contribution in [3.8, 4) is 0 Å². The first kappa shape index (κ1) is 15.5. The Morgan fingerprint density at radius 2 is 2.14 bits per heavy atom. The molecule has 6 nitrogen and oxygen atoms in total. The second-order valence-electron chi connectivity index (χ2n) is 5.17. The van der Waals surface area contributed by atoms with E-state index in [2.05, 4.69) is 5.32 Å². The van der Waals surface area contributed by atoms with Gasteiger partial charge < -0.3 is 19.9 Å². The van der Waals surface area contributed by atoms with Crippen LogP contribution in [0.3, 0.4) is 0 Å². The zero-order valence-corrected chi connectivity index (χ0v) is 11.9. The van der Waals surface area contributed by atoms with E-state index in [1.54, 1.807) is 12.1 Å². The molecule has 1 saturated heterocycles. The lowest BCUT2D eigenvalue weighted by atomic mass is 9.93. The molecular formula is C15H19NO5. The SMILES string of the molecule is COC(C(=O)NC1(CC(=O)O)CCOC1)c1ccccc1. The van der Waals surface area contributed by atoms with Crippen LogP contribution in [-0.4, -0.2) is 42.8 Å². The van der Waals surface area contributed by atoms with E-state index in [9.17, 15) is 9.59 Å². The molecule has 2 rings (SSSR count). The van der Waals surface area contributed by atoms with Crippen LogP contribution in [0, 0.1) is 0 Å². The Hall–Kier alpha value is -1.92. The van der Waals surface area contributed by atoms with E-state index >= 15 is 0 Å². The maximum atomic E-state index is 12.4. The maximum Gasteiger partial charge on any atom is 0.305 e. The van der Waals surface area contributed by atoms with Crippen LogP contribution in [0.4, 0.5) is 0 Å². The normalized spacial score (nSPS) is 22.7. The molecular weight excluding hydrogens is 274 g/mol. The summed E-state index contributed by atoms with van der Waals surface area (Å²) in [6.45, 7) is 0.646. The zero-order chi connectivity index (χ0) is 15.3. The van der Waals surface area contributed by atoms with Gasteiger partial charge in [-0.3, -0.25) is 9.59 Å². The molecule has 0 saturated carbocycles. The molecule has 2 atom stereocenters. The molecule has 1 amide bonds. The van der Waals surface area contributed by atoms with E-state index in [0.29, 0.717) is 13.0 Å². The van der Waals surface area contributed by atoms with Crippen LogP contribution in [0.1, 0.15) is 24.5 Å². The third-order valence-corrected chi connectivity index (χ3v) is 3.56. The molecule has 0 radical (unpaired) electrons. The van der Waals surface area contributed by atoms with Gasteiger partial charge in [-0.1, -0.05) is 30.3 Å². The highest BCUT2D eigenvalue weighted by Gasteiger charge is 2.40. The van der Waals surface area contributed by atoms with E-state index in [0.717, 1.165) is 5.56 Å². The average Bonchev–Trinajstić information content (AvgIpc) is 2.88. The van der Waals surface area contributed by atoms with Gasteiger partial charge in [-0.2, -0.15) is 0 Å². The molecule has 2 unspecified atom stereocenters. The molecule has 21 heavy (non-hydrogen) atoms. The van der Waals surface area contributed by atoms with Crippen LogP contribution in [0.25, 0.3) is 0 Å². The van der Waals surface area contributed by atoms with Crippen LogP contribution in [0.5, 0.6) is 0 Å². The number of amides is 1. The van der Waals surface area contributed by atoms with Gasteiger partial charge in [0.1, 0.15) is 0 Å². The lowest BCUT2D eigenvalue weighted by Crippen LogP contribution is -2.52. The third kappa shape index (κ3) is 3.80. The van der Waals surface area contributed by atoms with Gasteiger partial charge in [-0.05, 0) is 12.0 Å². The fourth-order valence-corrected chi connectivity index (χ4v) is 2.53. The summed E-state index contributed by atoms with van der Waals surface area (Å²) in [6, 6.07) is 9.08. The number of carbonyl (C=O) groups is 2. The van der Waals surface area contributed by atoms with Crippen molar-refractivity contribution in [1.29, 1.82) is 0 Å². The molecule has 0 spiro atoms. The summed E-state index contributed by atoms with van der Waals surface area (Å²) in [7, 11) is 1.45. The van der Waals surface area contributed by atoms with Crippen molar-refractivity contribution in [2.45, 2.75) is 24.5 Å². The lowest BCUT2D eigenvalue weighted by molar-refractivity contribution is -0.140. The molecule has 114 valence electrons. The van der Waals surface area contributed by atoms with Gasteiger partial charge in [0.05, 0.1) is 18.6 Å². The summed E-state index contributed by atoms with van der Waals surface area (Å²) in [5.74, 6) is -1.31. The number of methoxy groups -OCH3 is 1. The van der Waals surface area contributed by atoms with Gasteiger partial charge in [-0.15, -0.1) is 0 Å². The maximum absolute atomic E-state index is 12.4. The molecule has 1 aliphatic rings. The minimum absolute atomic E-state index is 0.163. The minimum atomic E-state index is -0.963. The second-order valence-corrected chi connectivity index (χ2v) is 5.17. The highest BCUT2D eigenvalue weighted by atomic mass is 16.5. The number of aliphatic carboxylic acids is 1. The van der Waals surface area contributed by atoms with Gasteiger partial charge >= 0.3 is 5.97 Å². The van der Waals surface area contributed by atoms with Gasteiger partial charge in [0, 0.05) is 13.7 Å². The number of benzene rings is 1. The molecule has 1 fully saturated rings. The number of carbonyl (C=O) groups excluding carboxylic acids is 1. The topological polar surface area (TPSA) is 84.9 Å². The highest BCUT2D eigenvalue weighted by molar-refractivity contribution is 5.83. The Bertz CT molecular complexity index is 496. The highest BCUT2D eigenvalue weighted by Crippen LogP contribution is 2.25. The average molecular weight is 293 g/mol. The monoisotopic (exact) mass is 293 g/mol. The number of carboxylic acids is 1. The first-order valence-electron chi connectivity index (χ1n) is 6.76. The van der Waals surface area contributed by atoms with Crippen molar-refractivity contribution in [2.24, 2.45) is 0 Å². The van der Waals surface area contributed by atoms with Crippen LogP contribution < -0.4 is 5.32 Å². The summed E-state index contributed by atoms with van der Waals surface area (Å²) in [5, 5.41) is 11.8. The largest absolute Gasteiger partial charge is 0.481 e. The smallest absolute Gasteiger partial charge is 0.305 e. The molecule has 1 aliphatic heterocycles. The van der Waals surface area contributed by atoms with Gasteiger partial charge in [0.15, 0.2) is 6.10 Å². The van der Waals surface area contributed by atoms with Crippen LogP contribution >= 0.6 is 0 Å². The van der Waals surface area contributed by atoms with Crippen molar-refractivity contribution >= 4 is 11.9 Å². The van der Waals surface area contributed by atoms with E-state index in [1.807, 2.05) is 18.2 Å². The Labute approximate surface area is 123 Å². The molecule has 0 aliphatic carbocycles. The number of hydrogen-bond donors (Lipinski definition) is 2. The molecule has 1 aromatic carbocycles. The summed E-state index contributed by atoms with van der Waals surface area (Å²) in [6.07, 6.45) is -0.447. The first-order valence-corrected chi connectivity index (χ1v) is 6.76. The predicted molar refractivity (Wildman–Crippen MR) is 74.8 cm³/mol. The van der Waals surface area contributed by atoms with Crippen LogP contribution in [-0.2, 0) is 19.1 Å². The van der Waals surface area contributed by atoms with E-state index < -0.39 is 17.6 Å². The lowest BCUT2D eigenvalue weighted by Gasteiger charge is -2.29. The fraction of sp³-hybridized carbons (Fsp3) is 0.467. The van der Waals surface area contributed by atoms with Gasteiger partial charge in [-0.25, -0.2) is 0 Å². The standard InChI is InChI=1S/C15H19NO5/c1-20-13(11-5-3-2-4-6-11)14(19)16-15(9-12(17)18)7-8-21-10-15/h2-6,13H,7-10H2,1H3,(H,16,19)(H,17,18). The zero-order valence-electron chi connectivity index (χ0n) is 11.9. The molecule has 6 heteroatoms. The van der Waals surface area contributed by atoms with Crippen molar-refractivity contribution in [3.05, 3.63) is 35.9 Å². The molecule has 2 N–H and O–H groups in total. The number of ether oxygens (including phenoxy) is 2. The Morgan fingerprint density at radius 1 is 1.43 bits per heavy atom. The molecule has 1 aromatic rings. The minimum Gasteiger partial charge on any atom is -0.481 e. The quantitative estimate of drug-likeness (QED) is 0.821. The third-order valence-electron chi connectivity index (χ3n) is 3.56. The number of hydrogen-bond acceptors (Lipinski definition) is 4. The summed E-state index contributed by atoms with van der Waals surface area (Å²) < 4.78 is 10.5. The Morgan fingerprint density at radius 3 is 2.67 bits per heavy atom. The number of rotatable bonds is 6. The van der Waals surface area contributed by atoms with Crippen molar-refractivity contribution in [3.63, 3.8) is 0 Å². The summed E-state index contributed by atoms with van der Waals surface area (Å²) in [5.41, 5.74) is -0.129. The molecule has 1 heterocycles. The van der Waals surface area contributed by atoms with E-state index in [-0.39, 0.29) is 18.9 Å². The Kier molecular flexibility index (Phi) is 4.93. The summed E-state index contributed by atoms with van der Waals surface area (Å²) in [4.78, 5) is 23.4. The molecule has 0 aromatic heterocycles. The van der Waals surface area contributed by atoms with E-state index in [4.69, 9.17) is 14.6 Å². The Balaban J connectivity index is 2.12. The van der Waals surface area contributed by atoms with Gasteiger partial charge in [0.2, 0.25) is 0 Å². The van der Waals surface area contributed by atoms with Crippen LogP contribution in [0.15, 0.2) is 30.3 Å². The first-order chi connectivity index (χ1) is 10.1. The van der Waals surface area contributed by atoms with Gasteiger partial charge in [0.25, 0.3) is 5.91 Å². The number of carboxylic acid groups (broad SMARTS) is 1. The van der Waals surface area contributed by atoms with Crippen molar-refractivity contribution in [2.75, 3.05) is 20.3 Å². The van der Waals surface area contributed by atoms with Crippen LogP contribution in [0.2, 0.25) is 0 Å². The second kappa shape index (κ2) is 6.69. The van der Waals surface area contributed by atoms with Crippen molar-refractivity contribution in [1.82, 2.24) is 5.32 Å². The predicted octanol–water partition coefficient (Wildman–Crippen LogP) is 1.12. The molecule has 0 bridgehead atoms. The number of nitrogens with one attached hydrogen (secondary N) is 1. The van der Waals surface area contributed by atoms with Crippen molar-refractivity contribution < 1.29 is 24.2 Å².